The highest BCUT2D eigenvalue weighted by molar-refractivity contribution is 5.86. The number of imidazole rings is 1. The maximum atomic E-state index is 13.3. The number of aliphatic hydroxyl groups excluding tert-OH is 1. The Morgan fingerprint density at radius 1 is 1.14 bits per heavy atom. The highest BCUT2D eigenvalue weighted by atomic mass is 16.7. The summed E-state index contributed by atoms with van der Waals surface area (Å²) < 4.78 is 43.9. The number of aryl methyl sites for hydroxylation is 1. The van der Waals surface area contributed by atoms with Gasteiger partial charge in [-0.25, -0.2) is 9.78 Å². The van der Waals surface area contributed by atoms with Crippen molar-refractivity contribution in [2.45, 2.75) is 96.5 Å². The molecule has 1 aliphatic carbocycles. The van der Waals surface area contributed by atoms with E-state index in [1.54, 1.807) is 29.2 Å². The van der Waals surface area contributed by atoms with Crippen molar-refractivity contribution in [2.75, 3.05) is 20.3 Å². The fourth-order valence-electron chi connectivity index (χ4n) is 7.49. The number of carbonyl (C=O) groups is 3. The van der Waals surface area contributed by atoms with Gasteiger partial charge in [-0.1, -0.05) is 31.6 Å². The zero-order valence-electron chi connectivity index (χ0n) is 30.1. The van der Waals surface area contributed by atoms with Gasteiger partial charge in [-0.3, -0.25) is 9.59 Å². The van der Waals surface area contributed by atoms with E-state index in [4.69, 9.17) is 33.2 Å². The van der Waals surface area contributed by atoms with Gasteiger partial charge in [-0.05, 0) is 68.6 Å². The molecule has 13 heteroatoms. The molecular formula is C37H50N2O11. The van der Waals surface area contributed by atoms with E-state index in [9.17, 15) is 19.5 Å². The number of esters is 3. The third-order valence-electron chi connectivity index (χ3n) is 10.2. The van der Waals surface area contributed by atoms with Gasteiger partial charge in [-0.2, -0.15) is 0 Å². The molecular weight excluding hydrogens is 648 g/mol. The number of hydrogen-bond acceptors (Lipinski definition) is 12. The van der Waals surface area contributed by atoms with E-state index in [1.165, 1.54) is 32.6 Å². The van der Waals surface area contributed by atoms with E-state index in [1.807, 2.05) is 20.0 Å². The van der Waals surface area contributed by atoms with Crippen molar-refractivity contribution in [3.63, 3.8) is 0 Å². The van der Waals surface area contributed by atoms with Gasteiger partial charge >= 0.3 is 17.9 Å². The van der Waals surface area contributed by atoms with E-state index >= 15 is 0 Å². The molecule has 4 aliphatic rings. The lowest BCUT2D eigenvalue weighted by Gasteiger charge is -2.41. The fourth-order valence-corrected chi connectivity index (χ4v) is 7.49. The Kier molecular flexibility index (Phi) is 11.5. The summed E-state index contributed by atoms with van der Waals surface area (Å²) in [5.74, 6) is -2.70. The molecule has 274 valence electrons. The van der Waals surface area contributed by atoms with Crippen molar-refractivity contribution in [2.24, 2.45) is 30.7 Å². The number of allylic oxidation sites excluding steroid dienone is 3. The zero-order valence-corrected chi connectivity index (χ0v) is 30.1. The minimum Gasteiger partial charge on any atom is -0.456 e. The van der Waals surface area contributed by atoms with Crippen molar-refractivity contribution >= 4 is 24.0 Å². The Labute approximate surface area is 293 Å². The number of aromatic nitrogens is 2. The highest BCUT2D eigenvalue weighted by Gasteiger charge is 2.54. The normalized spacial score (nSPS) is 36.4. The van der Waals surface area contributed by atoms with Crippen molar-refractivity contribution in [3.8, 4) is 0 Å². The minimum absolute atomic E-state index is 0.00554. The molecule has 3 aliphatic heterocycles. The van der Waals surface area contributed by atoms with Crippen LogP contribution in [0.25, 0.3) is 6.08 Å². The summed E-state index contributed by atoms with van der Waals surface area (Å²) in [6, 6.07) is 0. The van der Waals surface area contributed by atoms with Crippen LogP contribution in [0.3, 0.4) is 0 Å². The molecule has 0 spiro atoms. The molecule has 50 heavy (non-hydrogen) atoms. The monoisotopic (exact) mass is 698 g/mol. The van der Waals surface area contributed by atoms with E-state index in [0.29, 0.717) is 23.6 Å². The summed E-state index contributed by atoms with van der Waals surface area (Å²) in [5, 5.41) is 10.6. The Bertz CT molecular complexity index is 1540. The average molecular weight is 699 g/mol. The molecule has 1 fully saturated rings. The fraction of sp³-hybridized carbons (Fsp3) is 0.622. The Morgan fingerprint density at radius 2 is 1.86 bits per heavy atom. The van der Waals surface area contributed by atoms with Gasteiger partial charge in [0.1, 0.15) is 17.8 Å². The molecule has 0 saturated carbocycles. The molecule has 2 bridgehead atoms. The van der Waals surface area contributed by atoms with Gasteiger partial charge in [0, 0.05) is 45.9 Å². The molecule has 4 heterocycles. The number of fused-ring (bicyclic) bond motifs is 3. The van der Waals surface area contributed by atoms with Crippen LogP contribution in [-0.2, 0) is 54.6 Å². The number of ether oxygens (including phenoxy) is 7. The van der Waals surface area contributed by atoms with Crippen LogP contribution < -0.4 is 0 Å². The molecule has 0 radical (unpaired) electrons. The first-order valence-electron chi connectivity index (χ1n) is 17.1. The largest absolute Gasteiger partial charge is 0.456 e. The summed E-state index contributed by atoms with van der Waals surface area (Å²) in [6.45, 7) is 10.5. The Hall–Kier alpha value is -3.62. The molecule has 1 aromatic rings. The number of hydrogen-bond donors (Lipinski definition) is 1. The summed E-state index contributed by atoms with van der Waals surface area (Å²) >= 11 is 0. The highest BCUT2D eigenvalue weighted by Crippen LogP contribution is 2.50. The van der Waals surface area contributed by atoms with Gasteiger partial charge in [-0.15, -0.1) is 0 Å². The quantitative estimate of drug-likeness (QED) is 0.164. The van der Waals surface area contributed by atoms with Crippen LogP contribution in [0.4, 0.5) is 0 Å². The standard InChI is InChI=1S/C37H50N2O11/c1-21(2)27-11-9-22(3)28-16-31(49-32(43)12-10-26-17-39(7)20-38-26)36(6)13-14-37(44-8,50-36)25(15-29(27)28)18-45-35-34(48-24(5)41)33(47-23(4)40)30(42)19-46-35/h9-10,12-15,17,20-21,27-31,33-35,42H,11,16,18-19H2,1-8H3/b12-10+,25-15-/t27-,28+,29-,30-,31+,33-,34+,35-,36+,37-/m1/s1. The molecule has 1 N–H and O–H groups in total. The number of nitrogens with zero attached hydrogens (tertiary/aromatic N) is 2. The molecule has 13 nitrogen and oxygen atoms in total. The topological polar surface area (TPSA) is 154 Å². The van der Waals surface area contributed by atoms with Crippen LogP contribution in [0, 0.1) is 23.7 Å². The molecule has 1 aromatic heterocycles. The first-order chi connectivity index (χ1) is 23.6. The number of carbonyl (C=O) groups excluding carboxylic acids is 3. The number of methoxy groups -OCH3 is 1. The van der Waals surface area contributed by atoms with E-state index < -0.39 is 60.0 Å². The third kappa shape index (κ3) is 8.13. The second-order valence-corrected chi connectivity index (χ2v) is 14.1. The maximum Gasteiger partial charge on any atom is 0.331 e. The van der Waals surface area contributed by atoms with Gasteiger partial charge in [0.25, 0.3) is 0 Å². The van der Waals surface area contributed by atoms with Crippen molar-refractivity contribution < 1.29 is 52.6 Å². The molecule has 5 rings (SSSR count). The van der Waals surface area contributed by atoms with Crippen molar-refractivity contribution in [1.29, 1.82) is 0 Å². The van der Waals surface area contributed by atoms with Crippen LogP contribution in [0.15, 0.2) is 54.1 Å². The predicted octanol–water partition coefficient (Wildman–Crippen LogP) is 3.81. The summed E-state index contributed by atoms with van der Waals surface area (Å²) in [6.07, 6.45) is 10.4. The number of rotatable bonds is 10. The molecule has 10 atom stereocenters. The maximum absolute atomic E-state index is 13.3. The van der Waals surface area contributed by atoms with Crippen LogP contribution in [-0.4, -0.2) is 95.0 Å². The summed E-state index contributed by atoms with van der Waals surface area (Å²) in [4.78, 5) is 41.6. The van der Waals surface area contributed by atoms with E-state index in [-0.39, 0.29) is 31.0 Å². The third-order valence-corrected chi connectivity index (χ3v) is 10.2. The van der Waals surface area contributed by atoms with Crippen LogP contribution in [0.1, 0.15) is 60.1 Å². The average Bonchev–Trinajstić information content (AvgIpc) is 3.64. The van der Waals surface area contributed by atoms with Crippen LogP contribution in [0.5, 0.6) is 0 Å². The molecule has 0 amide bonds. The molecule has 0 unspecified atom stereocenters. The van der Waals surface area contributed by atoms with Crippen molar-refractivity contribution in [3.05, 3.63) is 59.7 Å². The van der Waals surface area contributed by atoms with Gasteiger partial charge in [0.05, 0.1) is 25.2 Å². The van der Waals surface area contributed by atoms with Crippen LogP contribution >= 0.6 is 0 Å². The molecule has 1 saturated heterocycles. The Morgan fingerprint density at radius 3 is 2.50 bits per heavy atom. The van der Waals surface area contributed by atoms with E-state index in [2.05, 4.69) is 37.9 Å². The van der Waals surface area contributed by atoms with Crippen molar-refractivity contribution in [1.82, 2.24) is 9.55 Å². The second kappa shape index (κ2) is 15.3. The van der Waals surface area contributed by atoms with Gasteiger partial charge in [0.2, 0.25) is 5.79 Å². The Balaban J connectivity index is 1.49. The smallest absolute Gasteiger partial charge is 0.331 e. The number of aliphatic hydroxyl groups is 1. The summed E-state index contributed by atoms with van der Waals surface area (Å²) in [5.41, 5.74) is 1.37. The van der Waals surface area contributed by atoms with Crippen LogP contribution in [0.2, 0.25) is 0 Å². The SMILES string of the molecule is CO[C@]12C=C[C@](C)(O1)[C@@H](OC(=O)/C=C/c1cn(C)cn1)C[C@H]1C(C)=CC[C@H](C(C)C)[C@H]1/C=C\2CO[C@@H]1OC[C@@H](O)[C@@H](OC(C)=O)[C@@H]1OC(C)=O. The lowest BCUT2D eigenvalue weighted by atomic mass is 9.65. The zero-order chi connectivity index (χ0) is 36.4. The first kappa shape index (κ1) is 37.6. The van der Waals surface area contributed by atoms with Gasteiger partial charge in [0.15, 0.2) is 18.5 Å². The predicted molar refractivity (Wildman–Crippen MR) is 180 cm³/mol. The second-order valence-electron chi connectivity index (χ2n) is 14.1. The lowest BCUT2D eigenvalue weighted by Crippen LogP contribution is -2.57. The van der Waals surface area contributed by atoms with Gasteiger partial charge < -0.3 is 42.8 Å². The first-order valence-corrected chi connectivity index (χ1v) is 17.1. The minimum atomic E-state index is -1.41. The summed E-state index contributed by atoms with van der Waals surface area (Å²) in [7, 11) is 3.39. The van der Waals surface area contributed by atoms with E-state index in [0.717, 1.165) is 6.42 Å². The lowest BCUT2D eigenvalue weighted by molar-refractivity contribution is -0.280. The molecule has 0 aromatic carbocycles.